The van der Waals surface area contributed by atoms with E-state index >= 15 is 0 Å². The lowest BCUT2D eigenvalue weighted by molar-refractivity contribution is 0.0589. The SMILES string of the molecule is CC1CN(CCCCC(C)(N)C#N)CC(C)N1C. The number of hydrogen-bond donors (Lipinski definition) is 1. The minimum atomic E-state index is -0.650. The van der Waals surface area contributed by atoms with Crippen LogP contribution in [0.3, 0.4) is 0 Å². The molecule has 0 spiro atoms. The quantitative estimate of drug-likeness (QED) is 0.752. The van der Waals surface area contributed by atoms with Gasteiger partial charge in [0.05, 0.1) is 6.07 Å². The van der Waals surface area contributed by atoms with E-state index in [1.807, 2.05) is 6.92 Å². The van der Waals surface area contributed by atoms with E-state index in [1.54, 1.807) is 0 Å². The molecule has 3 unspecified atom stereocenters. The summed E-state index contributed by atoms with van der Waals surface area (Å²) in [6, 6.07) is 3.42. The van der Waals surface area contributed by atoms with Crippen molar-refractivity contribution in [1.82, 2.24) is 9.80 Å². The molecule has 0 aromatic heterocycles. The van der Waals surface area contributed by atoms with Gasteiger partial charge in [0, 0.05) is 25.2 Å². The van der Waals surface area contributed by atoms with Crippen molar-refractivity contribution < 1.29 is 0 Å². The molecule has 0 bridgehead atoms. The first-order valence-corrected chi connectivity index (χ1v) is 7.00. The minimum Gasteiger partial charge on any atom is -0.314 e. The van der Waals surface area contributed by atoms with Crippen LogP contribution in [0.5, 0.6) is 0 Å². The normalized spacial score (nSPS) is 29.8. The van der Waals surface area contributed by atoms with Crippen LogP contribution in [-0.4, -0.2) is 54.1 Å². The fourth-order valence-corrected chi connectivity index (χ4v) is 2.58. The molecule has 1 fully saturated rings. The summed E-state index contributed by atoms with van der Waals surface area (Å²) in [5.41, 5.74) is 5.17. The van der Waals surface area contributed by atoms with E-state index in [4.69, 9.17) is 11.0 Å². The smallest absolute Gasteiger partial charge is 0.101 e. The van der Waals surface area contributed by atoms with Gasteiger partial charge in [-0.15, -0.1) is 0 Å². The van der Waals surface area contributed by atoms with Crippen LogP contribution in [0.2, 0.25) is 0 Å². The van der Waals surface area contributed by atoms with Crippen molar-refractivity contribution in [3.05, 3.63) is 0 Å². The third-order valence-electron chi connectivity index (χ3n) is 4.11. The number of nitrogens with two attached hydrogens (primary N) is 1. The van der Waals surface area contributed by atoms with Gasteiger partial charge in [-0.3, -0.25) is 4.90 Å². The summed E-state index contributed by atoms with van der Waals surface area (Å²) in [5.74, 6) is 0. The predicted octanol–water partition coefficient (Wildman–Crippen LogP) is 1.42. The average molecular weight is 252 g/mol. The van der Waals surface area contributed by atoms with Crippen molar-refractivity contribution in [2.45, 2.75) is 57.7 Å². The molecular weight excluding hydrogens is 224 g/mol. The van der Waals surface area contributed by atoms with Crippen molar-refractivity contribution in [3.8, 4) is 6.07 Å². The van der Waals surface area contributed by atoms with Crippen molar-refractivity contribution in [2.75, 3.05) is 26.7 Å². The number of rotatable bonds is 5. The highest BCUT2D eigenvalue weighted by Crippen LogP contribution is 2.15. The topological polar surface area (TPSA) is 56.3 Å². The van der Waals surface area contributed by atoms with E-state index in [1.165, 1.54) is 0 Å². The number of nitrogens with zero attached hydrogens (tertiary/aromatic N) is 3. The summed E-state index contributed by atoms with van der Waals surface area (Å²) in [6.45, 7) is 9.82. The molecule has 18 heavy (non-hydrogen) atoms. The third-order valence-corrected chi connectivity index (χ3v) is 4.11. The Morgan fingerprint density at radius 2 is 1.83 bits per heavy atom. The summed E-state index contributed by atoms with van der Waals surface area (Å²) in [6.07, 6.45) is 2.97. The molecule has 0 amide bonds. The Labute approximate surface area is 112 Å². The van der Waals surface area contributed by atoms with Crippen LogP contribution in [-0.2, 0) is 0 Å². The molecule has 0 aromatic carbocycles. The lowest BCUT2D eigenvalue weighted by Crippen LogP contribution is -2.54. The highest BCUT2D eigenvalue weighted by atomic mass is 15.3. The molecule has 1 aliphatic rings. The van der Waals surface area contributed by atoms with E-state index in [0.29, 0.717) is 12.1 Å². The second kappa shape index (κ2) is 6.51. The first-order valence-electron chi connectivity index (χ1n) is 7.00. The van der Waals surface area contributed by atoms with Gasteiger partial charge in [0.2, 0.25) is 0 Å². The molecule has 1 heterocycles. The Morgan fingerprint density at radius 3 is 2.33 bits per heavy atom. The zero-order valence-electron chi connectivity index (χ0n) is 12.3. The maximum Gasteiger partial charge on any atom is 0.101 e. The molecular formula is C14H28N4. The van der Waals surface area contributed by atoms with Gasteiger partial charge in [-0.1, -0.05) is 0 Å². The van der Waals surface area contributed by atoms with Crippen LogP contribution in [0.4, 0.5) is 0 Å². The Balaban J connectivity index is 2.23. The lowest BCUT2D eigenvalue weighted by atomic mass is 9.98. The maximum atomic E-state index is 8.85. The summed E-state index contributed by atoms with van der Waals surface area (Å²) in [7, 11) is 2.21. The molecule has 1 rings (SSSR count). The molecule has 0 aromatic rings. The molecule has 2 N–H and O–H groups in total. The second-order valence-corrected chi connectivity index (χ2v) is 6.11. The molecule has 1 aliphatic heterocycles. The molecule has 0 aliphatic carbocycles. The standard InChI is InChI=1S/C14H28N4/c1-12-9-18(10-13(2)17(12)4)8-6-5-7-14(3,16)11-15/h12-13H,5-10,16H2,1-4H3. The Kier molecular flexibility index (Phi) is 5.58. The number of piperazine rings is 1. The third kappa shape index (κ3) is 4.56. The van der Waals surface area contributed by atoms with Crippen LogP contribution in [0.15, 0.2) is 0 Å². The number of likely N-dealkylation sites (N-methyl/N-ethyl adjacent to an activating group) is 1. The molecule has 0 saturated carbocycles. The number of nitriles is 1. The largest absolute Gasteiger partial charge is 0.314 e. The van der Waals surface area contributed by atoms with Crippen LogP contribution in [0.1, 0.15) is 40.0 Å². The molecule has 3 atom stereocenters. The fraction of sp³-hybridized carbons (Fsp3) is 0.929. The molecule has 1 saturated heterocycles. The van der Waals surface area contributed by atoms with E-state index in [9.17, 15) is 0 Å². The van der Waals surface area contributed by atoms with Gasteiger partial charge in [-0.05, 0) is 53.6 Å². The minimum absolute atomic E-state index is 0.632. The number of unbranched alkanes of at least 4 members (excludes halogenated alkanes) is 1. The average Bonchev–Trinajstić information content (AvgIpc) is 2.31. The summed E-state index contributed by atoms with van der Waals surface area (Å²) in [4.78, 5) is 4.98. The Morgan fingerprint density at radius 1 is 1.28 bits per heavy atom. The lowest BCUT2D eigenvalue weighted by Gasteiger charge is -2.42. The van der Waals surface area contributed by atoms with Crippen LogP contribution in [0.25, 0.3) is 0 Å². The van der Waals surface area contributed by atoms with Crippen molar-refractivity contribution in [3.63, 3.8) is 0 Å². The van der Waals surface area contributed by atoms with E-state index in [2.05, 4.69) is 36.8 Å². The molecule has 4 heteroatoms. The highest BCUT2D eigenvalue weighted by Gasteiger charge is 2.26. The Hall–Kier alpha value is -0.630. The first kappa shape index (κ1) is 15.4. The van der Waals surface area contributed by atoms with Crippen molar-refractivity contribution in [2.24, 2.45) is 5.73 Å². The fourth-order valence-electron chi connectivity index (χ4n) is 2.58. The van der Waals surface area contributed by atoms with E-state index < -0.39 is 5.54 Å². The van der Waals surface area contributed by atoms with E-state index in [-0.39, 0.29) is 0 Å². The molecule has 104 valence electrons. The van der Waals surface area contributed by atoms with E-state index in [0.717, 1.165) is 38.9 Å². The zero-order valence-corrected chi connectivity index (χ0v) is 12.3. The summed E-state index contributed by atoms with van der Waals surface area (Å²) >= 11 is 0. The number of hydrogen-bond acceptors (Lipinski definition) is 4. The van der Waals surface area contributed by atoms with Crippen molar-refractivity contribution >= 4 is 0 Å². The summed E-state index contributed by atoms with van der Waals surface area (Å²) < 4.78 is 0. The van der Waals surface area contributed by atoms with Crippen LogP contribution >= 0.6 is 0 Å². The van der Waals surface area contributed by atoms with Gasteiger partial charge >= 0.3 is 0 Å². The van der Waals surface area contributed by atoms with Gasteiger partial charge in [0.25, 0.3) is 0 Å². The van der Waals surface area contributed by atoms with Crippen LogP contribution < -0.4 is 5.73 Å². The van der Waals surface area contributed by atoms with Gasteiger partial charge in [-0.25, -0.2) is 0 Å². The van der Waals surface area contributed by atoms with Gasteiger partial charge < -0.3 is 10.6 Å². The summed E-state index contributed by atoms with van der Waals surface area (Å²) in [5, 5.41) is 8.85. The van der Waals surface area contributed by atoms with Gasteiger partial charge in [0.15, 0.2) is 0 Å². The first-order chi connectivity index (χ1) is 8.35. The zero-order chi connectivity index (χ0) is 13.8. The maximum absolute atomic E-state index is 8.85. The second-order valence-electron chi connectivity index (χ2n) is 6.11. The van der Waals surface area contributed by atoms with Gasteiger partial charge in [0.1, 0.15) is 5.54 Å². The van der Waals surface area contributed by atoms with Gasteiger partial charge in [-0.2, -0.15) is 5.26 Å². The monoisotopic (exact) mass is 252 g/mol. The Bertz CT molecular complexity index is 283. The molecule has 0 radical (unpaired) electrons. The highest BCUT2D eigenvalue weighted by molar-refractivity contribution is 5.00. The van der Waals surface area contributed by atoms with Crippen molar-refractivity contribution in [1.29, 1.82) is 5.26 Å². The predicted molar refractivity (Wildman–Crippen MR) is 75.2 cm³/mol. The molecule has 4 nitrogen and oxygen atoms in total. The van der Waals surface area contributed by atoms with Crippen LogP contribution in [0, 0.1) is 11.3 Å².